The van der Waals surface area contributed by atoms with Gasteiger partial charge >= 0.3 is 0 Å². The first kappa shape index (κ1) is 17.9. The molecule has 0 spiro atoms. The number of fused-ring (bicyclic) bond motifs is 1. The van der Waals surface area contributed by atoms with E-state index in [4.69, 9.17) is 4.74 Å². The third-order valence-corrected chi connectivity index (χ3v) is 4.57. The van der Waals surface area contributed by atoms with Crippen molar-refractivity contribution in [1.82, 2.24) is 20.1 Å². The fourth-order valence-electron chi connectivity index (χ4n) is 3.24. The van der Waals surface area contributed by atoms with Crippen molar-refractivity contribution in [3.63, 3.8) is 0 Å². The van der Waals surface area contributed by atoms with Crippen LogP contribution in [0.1, 0.15) is 46.7 Å². The molecule has 6 heteroatoms. The predicted octanol–water partition coefficient (Wildman–Crippen LogP) is 3.47. The van der Waals surface area contributed by atoms with E-state index >= 15 is 0 Å². The second kappa shape index (κ2) is 7.15. The first-order valence-electron chi connectivity index (χ1n) is 8.70. The summed E-state index contributed by atoms with van der Waals surface area (Å²) in [4.78, 5) is 17.6. The quantitative estimate of drug-likeness (QED) is 0.763. The molecule has 3 aromatic rings. The molecule has 1 aromatic carbocycles. The molecule has 6 nitrogen and oxygen atoms in total. The van der Waals surface area contributed by atoms with Gasteiger partial charge in [-0.3, -0.25) is 9.48 Å². The van der Waals surface area contributed by atoms with Gasteiger partial charge in [0, 0.05) is 12.7 Å². The van der Waals surface area contributed by atoms with E-state index in [-0.39, 0.29) is 11.9 Å². The van der Waals surface area contributed by atoms with Crippen LogP contribution in [0.25, 0.3) is 11.0 Å². The Morgan fingerprint density at radius 3 is 2.58 bits per heavy atom. The van der Waals surface area contributed by atoms with Gasteiger partial charge < -0.3 is 10.1 Å². The van der Waals surface area contributed by atoms with Crippen molar-refractivity contribution in [2.24, 2.45) is 7.05 Å². The highest BCUT2D eigenvalue weighted by Crippen LogP contribution is 2.24. The summed E-state index contributed by atoms with van der Waals surface area (Å²) in [6.45, 7) is 5.84. The minimum absolute atomic E-state index is 0.0751. The van der Waals surface area contributed by atoms with Crippen molar-refractivity contribution in [3.05, 3.63) is 52.8 Å². The zero-order chi connectivity index (χ0) is 18.8. The molecule has 26 heavy (non-hydrogen) atoms. The van der Waals surface area contributed by atoms with Gasteiger partial charge in [0.2, 0.25) is 0 Å². The number of hydrogen-bond donors (Lipinski definition) is 1. The number of methoxy groups -OCH3 is 1. The maximum Gasteiger partial charge on any atom is 0.252 e. The second-order valence-corrected chi connectivity index (χ2v) is 6.43. The van der Waals surface area contributed by atoms with Crippen LogP contribution in [-0.2, 0) is 7.05 Å². The van der Waals surface area contributed by atoms with Crippen LogP contribution in [0.3, 0.4) is 0 Å². The fraction of sp³-hybridized carbons (Fsp3) is 0.350. The zero-order valence-electron chi connectivity index (χ0n) is 15.8. The van der Waals surface area contributed by atoms with E-state index in [1.807, 2.05) is 51.2 Å². The Morgan fingerprint density at radius 2 is 1.96 bits per heavy atom. The van der Waals surface area contributed by atoms with Crippen LogP contribution in [-0.4, -0.2) is 27.8 Å². The van der Waals surface area contributed by atoms with Gasteiger partial charge in [-0.25, -0.2) is 4.98 Å². The molecule has 0 radical (unpaired) electrons. The molecule has 0 aliphatic carbocycles. The van der Waals surface area contributed by atoms with E-state index in [1.165, 1.54) is 0 Å². The highest BCUT2D eigenvalue weighted by atomic mass is 16.5. The minimum atomic E-state index is -0.112. The summed E-state index contributed by atoms with van der Waals surface area (Å²) in [5.74, 6) is 0.687. The number of pyridine rings is 1. The van der Waals surface area contributed by atoms with Gasteiger partial charge in [-0.15, -0.1) is 0 Å². The van der Waals surface area contributed by atoms with Gasteiger partial charge in [0.25, 0.3) is 5.91 Å². The van der Waals surface area contributed by atoms with Crippen molar-refractivity contribution in [2.45, 2.75) is 33.2 Å². The van der Waals surface area contributed by atoms with Crippen molar-refractivity contribution in [3.8, 4) is 5.75 Å². The Balaban J connectivity index is 1.94. The van der Waals surface area contributed by atoms with Gasteiger partial charge in [0.1, 0.15) is 5.75 Å². The molecule has 1 unspecified atom stereocenters. The van der Waals surface area contributed by atoms with Gasteiger partial charge in [0.15, 0.2) is 5.65 Å². The molecular weight excluding hydrogens is 328 g/mol. The molecule has 2 heterocycles. The zero-order valence-corrected chi connectivity index (χ0v) is 15.8. The number of carbonyl (C=O) groups excluding carboxylic acids is 1. The predicted molar refractivity (Wildman–Crippen MR) is 101 cm³/mol. The first-order chi connectivity index (χ1) is 12.4. The average Bonchev–Trinajstić information content (AvgIpc) is 2.92. The highest BCUT2D eigenvalue weighted by Gasteiger charge is 2.20. The highest BCUT2D eigenvalue weighted by molar-refractivity contribution is 6.06. The molecule has 1 atom stereocenters. The Bertz CT molecular complexity index is 945. The largest absolute Gasteiger partial charge is 0.497 e. The van der Waals surface area contributed by atoms with Crippen molar-refractivity contribution in [1.29, 1.82) is 0 Å². The van der Waals surface area contributed by atoms with Gasteiger partial charge in [-0.2, -0.15) is 5.10 Å². The average molecular weight is 352 g/mol. The summed E-state index contributed by atoms with van der Waals surface area (Å²) >= 11 is 0. The second-order valence-electron chi connectivity index (χ2n) is 6.43. The van der Waals surface area contributed by atoms with Crippen LogP contribution in [0.2, 0.25) is 0 Å². The van der Waals surface area contributed by atoms with E-state index < -0.39 is 0 Å². The number of amides is 1. The molecule has 0 aliphatic rings. The number of nitrogens with zero attached hydrogens (tertiary/aromatic N) is 3. The number of nitrogens with one attached hydrogen (secondary N) is 1. The van der Waals surface area contributed by atoms with E-state index in [9.17, 15) is 4.79 Å². The standard InChI is InChI=1S/C20H24N4O2/c1-6-17(14-7-9-15(26-5)10-8-14)22-20(25)16-11-12(2)21-19-18(16)13(3)23-24(19)4/h7-11,17H,6H2,1-5H3,(H,22,25). The number of hydrogen-bond acceptors (Lipinski definition) is 4. The minimum Gasteiger partial charge on any atom is -0.497 e. The summed E-state index contributed by atoms with van der Waals surface area (Å²) in [7, 11) is 3.48. The van der Waals surface area contributed by atoms with Gasteiger partial charge in [0.05, 0.1) is 29.8 Å². The maximum atomic E-state index is 13.0. The molecule has 0 bridgehead atoms. The number of carbonyl (C=O) groups is 1. The maximum absolute atomic E-state index is 13.0. The van der Waals surface area contributed by atoms with Crippen LogP contribution >= 0.6 is 0 Å². The Hall–Kier alpha value is -2.89. The van der Waals surface area contributed by atoms with Gasteiger partial charge in [-0.05, 0) is 44.0 Å². The molecule has 0 saturated heterocycles. The molecular formula is C20H24N4O2. The summed E-state index contributed by atoms with van der Waals surface area (Å²) in [6, 6.07) is 9.53. The normalized spacial score (nSPS) is 12.2. The Labute approximate surface area is 153 Å². The fourth-order valence-corrected chi connectivity index (χ4v) is 3.24. The lowest BCUT2D eigenvalue weighted by Crippen LogP contribution is -2.28. The summed E-state index contributed by atoms with van der Waals surface area (Å²) in [5.41, 5.74) is 3.99. The summed E-state index contributed by atoms with van der Waals surface area (Å²) < 4.78 is 6.92. The molecule has 0 saturated carbocycles. The third-order valence-electron chi connectivity index (χ3n) is 4.57. The summed E-state index contributed by atoms with van der Waals surface area (Å²) in [6.07, 6.45) is 0.789. The SMILES string of the molecule is CCC(NC(=O)c1cc(C)nc2c1c(C)nn2C)c1ccc(OC)cc1. The van der Waals surface area contributed by atoms with E-state index in [0.717, 1.165) is 40.2 Å². The van der Waals surface area contributed by atoms with Crippen molar-refractivity contribution in [2.75, 3.05) is 7.11 Å². The van der Waals surface area contributed by atoms with Crippen LogP contribution in [0.5, 0.6) is 5.75 Å². The Morgan fingerprint density at radius 1 is 1.27 bits per heavy atom. The summed E-state index contributed by atoms with van der Waals surface area (Å²) in [5, 5.41) is 8.36. The number of ether oxygens (including phenoxy) is 1. The van der Waals surface area contributed by atoms with Crippen LogP contribution in [0.15, 0.2) is 30.3 Å². The molecule has 2 aromatic heterocycles. The van der Waals surface area contributed by atoms with Crippen molar-refractivity contribution >= 4 is 16.9 Å². The molecule has 136 valence electrons. The topological polar surface area (TPSA) is 69.0 Å². The number of aryl methyl sites for hydroxylation is 3. The van der Waals surface area contributed by atoms with E-state index in [1.54, 1.807) is 11.8 Å². The van der Waals surface area contributed by atoms with E-state index in [0.29, 0.717) is 5.56 Å². The smallest absolute Gasteiger partial charge is 0.252 e. The molecule has 1 amide bonds. The lowest BCUT2D eigenvalue weighted by Gasteiger charge is -2.18. The first-order valence-corrected chi connectivity index (χ1v) is 8.70. The van der Waals surface area contributed by atoms with E-state index in [2.05, 4.69) is 22.3 Å². The molecule has 3 rings (SSSR count). The third kappa shape index (κ3) is 3.27. The lowest BCUT2D eigenvalue weighted by atomic mass is 10.0. The number of benzene rings is 1. The Kier molecular flexibility index (Phi) is 4.93. The van der Waals surface area contributed by atoms with Crippen LogP contribution < -0.4 is 10.1 Å². The molecule has 0 aliphatic heterocycles. The van der Waals surface area contributed by atoms with Crippen LogP contribution in [0.4, 0.5) is 0 Å². The number of rotatable bonds is 5. The van der Waals surface area contributed by atoms with Crippen molar-refractivity contribution < 1.29 is 9.53 Å². The molecule has 1 N–H and O–H groups in total. The monoisotopic (exact) mass is 352 g/mol. The molecule has 0 fully saturated rings. The number of aromatic nitrogens is 3. The van der Waals surface area contributed by atoms with Crippen LogP contribution in [0, 0.1) is 13.8 Å². The van der Waals surface area contributed by atoms with Gasteiger partial charge in [-0.1, -0.05) is 19.1 Å². The lowest BCUT2D eigenvalue weighted by molar-refractivity contribution is 0.0937.